The lowest BCUT2D eigenvalue weighted by molar-refractivity contribution is -0.124. The molecule has 28 heavy (non-hydrogen) atoms. The molecule has 1 fully saturated rings. The van der Waals surface area contributed by atoms with Crippen molar-refractivity contribution in [1.29, 1.82) is 0 Å². The van der Waals surface area contributed by atoms with Gasteiger partial charge in [-0.05, 0) is 31.2 Å². The molecule has 2 amide bonds. The second-order valence-corrected chi connectivity index (χ2v) is 7.05. The van der Waals surface area contributed by atoms with Crippen LogP contribution in [0.3, 0.4) is 0 Å². The number of carbonyl (C=O) groups excluding carboxylic acids is 2. The number of piperazine rings is 1. The van der Waals surface area contributed by atoms with Gasteiger partial charge in [-0.15, -0.1) is 0 Å². The van der Waals surface area contributed by atoms with E-state index in [2.05, 4.69) is 15.0 Å². The fourth-order valence-electron chi connectivity index (χ4n) is 3.46. The number of hydrogen-bond donors (Lipinski definition) is 0. The number of aromatic nitrogens is 1. The van der Waals surface area contributed by atoms with Crippen LogP contribution in [0.4, 0.5) is 11.5 Å². The van der Waals surface area contributed by atoms with E-state index in [1.165, 1.54) is 5.01 Å². The predicted molar refractivity (Wildman–Crippen MR) is 108 cm³/mol. The largest absolute Gasteiger partial charge is 0.353 e. The molecule has 0 spiro atoms. The highest BCUT2D eigenvalue weighted by atomic mass is 16.2. The first-order valence-electron chi connectivity index (χ1n) is 9.54. The van der Waals surface area contributed by atoms with Crippen LogP contribution in [0.1, 0.15) is 18.4 Å². The van der Waals surface area contributed by atoms with Gasteiger partial charge >= 0.3 is 0 Å². The first-order chi connectivity index (χ1) is 13.6. The standard InChI is InChI=1S/C21H23N5O2/c1-16-5-7-17(8-6-16)26-20(27)10-9-18(23-26)21(28)25-14-12-24(13-15-25)19-4-2-3-11-22-19/h2-8,11H,9-10,12-15H2,1H3. The van der Waals surface area contributed by atoms with Crippen molar-refractivity contribution in [3.8, 4) is 0 Å². The maximum atomic E-state index is 13.0. The second-order valence-electron chi connectivity index (χ2n) is 7.05. The Morgan fingerprint density at radius 2 is 1.71 bits per heavy atom. The van der Waals surface area contributed by atoms with Crippen molar-refractivity contribution in [1.82, 2.24) is 9.88 Å². The maximum absolute atomic E-state index is 13.0. The maximum Gasteiger partial charge on any atom is 0.270 e. The average Bonchev–Trinajstić information content (AvgIpc) is 2.75. The SMILES string of the molecule is Cc1ccc(N2N=C(C(=O)N3CCN(c4ccccn4)CC3)CCC2=O)cc1. The lowest BCUT2D eigenvalue weighted by Gasteiger charge is -2.36. The van der Waals surface area contributed by atoms with E-state index >= 15 is 0 Å². The van der Waals surface area contributed by atoms with E-state index < -0.39 is 0 Å². The molecule has 144 valence electrons. The van der Waals surface area contributed by atoms with Crippen LogP contribution >= 0.6 is 0 Å². The molecule has 3 heterocycles. The number of hydrogen-bond acceptors (Lipinski definition) is 5. The van der Waals surface area contributed by atoms with Gasteiger partial charge in [0.25, 0.3) is 5.91 Å². The van der Waals surface area contributed by atoms with Crippen LogP contribution < -0.4 is 9.91 Å². The van der Waals surface area contributed by atoms with Gasteiger partial charge in [0.1, 0.15) is 11.5 Å². The summed E-state index contributed by atoms with van der Waals surface area (Å²) in [6.45, 7) is 4.69. The van der Waals surface area contributed by atoms with Crippen LogP contribution in [-0.4, -0.2) is 53.6 Å². The zero-order chi connectivity index (χ0) is 19.5. The molecule has 1 saturated heterocycles. The number of aryl methyl sites for hydroxylation is 1. The number of nitrogens with zero attached hydrogens (tertiary/aromatic N) is 5. The highest BCUT2D eigenvalue weighted by Gasteiger charge is 2.30. The smallest absolute Gasteiger partial charge is 0.270 e. The Bertz CT molecular complexity index is 887. The molecule has 7 nitrogen and oxygen atoms in total. The molecule has 0 radical (unpaired) electrons. The highest BCUT2D eigenvalue weighted by molar-refractivity contribution is 6.40. The van der Waals surface area contributed by atoms with E-state index in [0.717, 1.165) is 24.5 Å². The summed E-state index contributed by atoms with van der Waals surface area (Å²) >= 11 is 0. The summed E-state index contributed by atoms with van der Waals surface area (Å²) in [7, 11) is 0. The lowest BCUT2D eigenvalue weighted by Crippen LogP contribution is -2.51. The fourth-order valence-corrected chi connectivity index (χ4v) is 3.46. The van der Waals surface area contributed by atoms with E-state index in [1.807, 2.05) is 54.3 Å². The molecule has 7 heteroatoms. The minimum Gasteiger partial charge on any atom is -0.353 e. The molecule has 0 saturated carbocycles. The van der Waals surface area contributed by atoms with Crippen LogP contribution in [0.25, 0.3) is 0 Å². The Morgan fingerprint density at radius 3 is 2.39 bits per heavy atom. The Kier molecular flexibility index (Phi) is 5.06. The average molecular weight is 377 g/mol. The van der Waals surface area contributed by atoms with Gasteiger partial charge in [-0.1, -0.05) is 23.8 Å². The Balaban J connectivity index is 1.45. The summed E-state index contributed by atoms with van der Waals surface area (Å²) < 4.78 is 0. The minimum absolute atomic E-state index is 0.0784. The lowest BCUT2D eigenvalue weighted by atomic mass is 10.1. The first kappa shape index (κ1) is 18.2. The minimum atomic E-state index is -0.0830. The van der Waals surface area contributed by atoms with Crippen molar-refractivity contribution in [2.45, 2.75) is 19.8 Å². The third-order valence-corrected chi connectivity index (χ3v) is 5.10. The van der Waals surface area contributed by atoms with Gasteiger partial charge in [-0.25, -0.2) is 9.99 Å². The zero-order valence-electron chi connectivity index (χ0n) is 15.9. The van der Waals surface area contributed by atoms with Gasteiger partial charge in [-0.2, -0.15) is 5.10 Å². The van der Waals surface area contributed by atoms with Crippen molar-refractivity contribution in [2.75, 3.05) is 36.1 Å². The monoisotopic (exact) mass is 377 g/mol. The number of anilines is 2. The molecule has 0 aliphatic carbocycles. The summed E-state index contributed by atoms with van der Waals surface area (Å²) in [5.74, 6) is 0.770. The molecular formula is C21H23N5O2. The van der Waals surface area contributed by atoms with Gasteiger partial charge in [0.05, 0.1) is 5.69 Å². The molecule has 1 aromatic heterocycles. The molecule has 1 aromatic carbocycles. The van der Waals surface area contributed by atoms with Crippen molar-refractivity contribution in [2.24, 2.45) is 5.10 Å². The zero-order valence-corrected chi connectivity index (χ0v) is 15.9. The Morgan fingerprint density at radius 1 is 0.964 bits per heavy atom. The predicted octanol–water partition coefficient (Wildman–Crippen LogP) is 2.22. The van der Waals surface area contributed by atoms with Gasteiger partial charge in [-0.3, -0.25) is 9.59 Å². The van der Waals surface area contributed by atoms with Crippen LogP contribution in [0.5, 0.6) is 0 Å². The van der Waals surface area contributed by atoms with E-state index in [0.29, 0.717) is 37.3 Å². The van der Waals surface area contributed by atoms with Crippen molar-refractivity contribution in [3.63, 3.8) is 0 Å². The first-order valence-corrected chi connectivity index (χ1v) is 9.54. The molecule has 4 rings (SSSR count). The van der Waals surface area contributed by atoms with Crippen LogP contribution in [0.2, 0.25) is 0 Å². The highest BCUT2D eigenvalue weighted by Crippen LogP contribution is 2.22. The quantitative estimate of drug-likeness (QED) is 0.823. The van der Waals surface area contributed by atoms with Crippen LogP contribution in [0, 0.1) is 6.92 Å². The van der Waals surface area contributed by atoms with Crippen molar-refractivity contribution >= 4 is 29.0 Å². The van der Waals surface area contributed by atoms with Gasteiger partial charge in [0.15, 0.2) is 0 Å². The fraction of sp³-hybridized carbons (Fsp3) is 0.333. The van der Waals surface area contributed by atoms with E-state index in [-0.39, 0.29) is 11.8 Å². The third-order valence-electron chi connectivity index (χ3n) is 5.10. The Hall–Kier alpha value is -3.22. The topological polar surface area (TPSA) is 69.1 Å². The summed E-state index contributed by atoms with van der Waals surface area (Å²) in [5.41, 5.74) is 2.26. The normalized spacial score (nSPS) is 17.5. The van der Waals surface area contributed by atoms with Gasteiger partial charge in [0, 0.05) is 45.2 Å². The number of amides is 2. The number of pyridine rings is 1. The van der Waals surface area contributed by atoms with Crippen molar-refractivity contribution < 1.29 is 9.59 Å². The van der Waals surface area contributed by atoms with E-state index in [1.54, 1.807) is 6.20 Å². The molecule has 2 aliphatic heterocycles. The van der Waals surface area contributed by atoms with E-state index in [4.69, 9.17) is 0 Å². The van der Waals surface area contributed by atoms with Crippen LogP contribution in [-0.2, 0) is 9.59 Å². The molecule has 2 aromatic rings. The number of carbonyl (C=O) groups is 2. The number of rotatable bonds is 3. The molecule has 2 aliphatic rings. The molecule has 0 bridgehead atoms. The molecule has 0 atom stereocenters. The summed E-state index contributed by atoms with van der Waals surface area (Å²) in [4.78, 5) is 33.6. The molecule has 0 unspecified atom stereocenters. The molecular weight excluding hydrogens is 354 g/mol. The van der Waals surface area contributed by atoms with Crippen molar-refractivity contribution in [3.05, 3.63) is 54.2 Å². The molecule has 0 N–H and O–H groups in total. The second kappa shape index (κ2) is 7.80. The van der Waals surface area contributed by atoms with E-state index in [9.17, 15) is 9.59 Å². The Labute approximate surface area is 164 Å². The third kappa shape index (κ3) is 3.74. The summed E-state index contributed by atoms with van der Waals surface area (Å²) in [5, 5.41) is 5.76. The van der Waals surface area contributed by atoms with Gasteiger partial charge in [0.2, 0.25) is 5.91 Å². The summed E-state index contributed by atoms with van der Waals surface area (Å²) in [6.07, 6.45) is 2.47. The number of benzene rings is 1. The van der Waals surface area contributed by atoms with Crippen LogP contribution in [0.15, 0.2) is 53.8 Å². The number of hydrazone groups is 1. The van der Waals surface area contributed by atoms with Gasteiger partial charge < -0.3 is 9.80 Å². The summed E-state index contributed by atoms with van der Waals surface area (Å²) in [6, 6.07) is 13.4.